The highest BCUT2D eigenvalue weighted by molar-refractivity contribution is 5.68. The predicted molar refractivity (Wildman–Crippen MR) is 66.9 cm³/mol. The Labute approximate surface area is 103 Å². The number of amides is 1. The fourth-order valence-corrected chi connectivity index (χ4v) is 2.99. The molecule has 0 aromatic heterocycles. The van der Waals surface area contributed by atoms with Gasteiger partial charge < -0.3 is 15.4 Å². The topological polar surface area (TPSA) is 50.4 Å². The van der Waals surface area contributed by atoms with Gasteiger partial charge in [-0.05, 0) is 52.0 Å². The number of carbonyl (C=O) groups excluding carboxylic acids is 1. The van der Waals surface area contributed by atoms with Gasteiger partial charge in [-0.2, -0.15) is 0 Å². The SMILES string of the molecule is CC(C)(C)OC(=O)N[C@@H]1CCC[C@H]2CNC[C@H]21. The molecule has 0 aromatic carbocycles. The Hall–Kier alpha value is -0.770. The van der Waals surface area contributed by atoms with Crippen molar-refractivity contribution >= 4 is 6.09 Å². The van der Waals surface area contributed by atoms with Gasteiger partial charge in [0.25, 0.3) is 0 Å². The van der Waals surface area contributed by atoms with E-state index in [1.807, 2.05) is 20.8 Å². The Balaban J connectivity index is 1.87. The zero-order chi connectivity index (χ0) is 12.5. The molecule has 17 heavy (non-hydrogen) atoms. The van der Waals surface area contributed by atoms with Gasteiger partial charge in [0.1, 0.15) is 5.60 Å². The van der Waals surface area contributed by atoms with E-state index in [4.69, 9.17) is 4.74 Å². The van der Waals surface area contributed by atoms with Gasteiger partial charge in [0.2, 0.25) is 0 Å². The second-order valence-corrected chi connectivity index (χ2v) is 6.27. The van der Waals surface area contributed by atoms with Gasteiger partial charge in [-0.1, -0.05) is 6.42 Å². The molecule has 0 spiro atoms. The number of alkyl carbamates (subject to hydrolysis) is 1. The minimum Gasteiger partial charge on any atom is -0.444 e. The number of hydrogen-bond acceptors (Lipinski definition) is 3. The van der Waals surface area contributed by atoms with E-state index >= 15 is 0 Å². The predicted octanol–water partition coefficient (Wildman–Crippen LogP) is 1.90. The molecule has 1 aliphatic heterocycles. The van der Waals surface area contributed by atoms with Gasteiger partial charge in [-0.25, -0.2) is 4.79 Å². The second kappa shape index (κ2) is 4.84. The first-order valence-electron chi connectivity index (χ1n) is 6.66. The normalized spacial score (nSPS) is 33.0. The summed E-state index contributed by atoms with van der Waals surface area (Å²) in [5, 5.41) is 6.47. The van der Waals surface area contributed by atoms with Crippen LogP contribution in [0.25, 0.3) is 0 Å². The highest BCUT2D eigenvalue weighted by Gasteiger charge is 2.37. The summed E-state index contributed by atoms with van der Waals surface area (Å²) in [6.45, 7) is 7.83. The van der Waals surface area contributed by atoms with Crippen LogP contribution in [0.2, 0.25) is 0 Å². The Morgan fingerprint density at radius 1 is 1.29 bits per heavy atom. The van der Waals surface area contributed by atoms with Crippen LogP contribution in [-0.2, 0) is 4.74 Å². The molecule has 0 aromatic rings. The van der Waals surface area contributed by atoms with E-state index in [2.05, 4.69) is 10.6 Å². The fraction of sp³-hybridized carbons (Fsp3) is 0.923. The summed E-state index contributed by atoms with van der Waals surface area (Å²) in [5.74, 6) is 1.33. The lowest BCUT2D eigenvalue weighted by Crippen LogP contribution is -2.47. The molecule has 4 nitrogen and oxygen atoms in total. The fourth-order valence-electron chi connectivity index (χ4n) is 2.99. The summed E-state index contributed by atoms with van der Waals surface area (Å²) in [6, 6.07) is 0.290. The third kappa shape index (κ3) is 3.35. The van der Waals surface area contributed by atoms with Crippen molar-refractivity contribution in [3.8, 4) is 0 Å². The molecule has 2 N–H and O–H groups in total. The minimum absolute atomic E-state index is 0.268. The summed E-state index contributed by atoms with van der Waals surface area (Å²) >= 11 is 0. The average molecular weight is 240 g/mol. The lowest BCUT2D eigenvalue weighted by molar-refractivity contribution is 0.0461. The zero-order valence-electron chi connectivity index (χ0n) is 11.1. The molecule has 2 rings (SSSR count). The molecule has 98 valence electrons. The van der Waals surface area contributed by atoms with Gasteiger partial charge >= 0.3 is 6.09 Å². The van der Waals surface area contributed by atoms with Crippen LogP contribution in [0.15, 0.2) is 0 Å². The van der Waals surface area contributed by atoms with Crippen LogP contribution in [0.1, 0.15) is 40.0 Å². The maximum Gasteiger partial charge on any atom is 0.407 e. The Kier molecular flexibility index (Phi) is 3.61. The number of ether oxygens (including phenoxy) is 1. The van der Waals surface area contributed by atoms with Crippen LogP contribution >= 0.6 is 0 Å². The molecule has 1 heterocycles. The van der Waals surface area contributed by atoms with E-state index in [0.29, 0.717) is 12.0 Å². The van der Waals surface area contributed by atoms with Crippen LogP contribution in [0, 0.1) is 11.8 Å². The summed E-state index contributed by atoms with van der Waals surface area (Å²) in [5.41, 5.74) is -0.411. The van der Waals surface area contributed by atoms with Crippen LogP contribution in [-0.4, -0.2) is 30.8 Å². The molecule has 0 unspecified atom stereocenters. The Morgan fingerprint density at radius 2 is 2.06 bits per heavy atom. The maximum absolute atomic E-state index is 11.8. The van der Waals surface area contributed by atoms with Gasteiger partial charge in [0, 0.05) is 12.6 Å². The summed E-state index contributed by atoms with van der Waals surface area (Å²) in [6.07, 6.45) is 3.32. The van der Waals surface area contributed by atoms with Crippen molar-refractivity contribution in [3.05, 3.63) is 0 Å². The third-order valence-electron chi connectivity index (χ3n) is 3.70. The van der Waals surface area contributed by atoms with Crippen LogP contribution < -0.4 is 10.6 Å². The average Bonchev–Trinajstić information content (AvgIpc) is 2.63. The van der Waals surface area contributed by atoms with Crippen molar-refractivity contribution in [1.29, 1.82) is 0 Å². The number of nitrogens with one attached hydrogen (secondary N) is 2. The highest BCUT2D eigenvalue weighted by Crippen LogP contribution is 2.32. The summed E-state index contributed by atoms with van der Waals surface area (Å²) < 4.78 is 5.32. The number of fused-ring (bicyclic) bond motifs is 1. The standard InChI is InChI=1S/C13H24N2O2/c1-13(2,3)17-12(16)15-11-6-4-5-9-7-14-8-10(9)11/h9-11,14H,4-8H2,1-3H3,(H,15,16)/t9-,10+,11+/m0/s1. The molecule has 1 aliphatic carbocycles. The number of hydrogen-bond donors (Lipinski definition) is 2. The molecule has 4 heteroatoms. The van der Waals surface area contributed by atoms with E-state index in [-0.39, 0.29) is 6.09 Å². The lowest BCUT2D eigenvalue weighted by Gasteiger charge is -2.34. The second-order valence-electron chi connectivity index (χ2n) is 6.27. The molecule has 1 saturated heterocycles. The first-order valence-corrected chi connectivity index (χ1v) is 6.66. The van der Waals surface area contributed by atoms with E-state index < -0.39 is 5.60 Å². The summed E-state index contributed by atoms with van der Waals surface area (Å²) in [4.78, 5) is 11.8. The van der Waals surface area contributed by atoms with E-state index in [0.717, 1.165) is 25.4 Å². The lowest BCUT2D eigenvalue weighted by atomic mass is 9.78. The molecule has 2 fully saturated rings. The molecule has 0 radical (unpaired) electrons. The molecule has 3 atom stereocenters. The maximum atomic E-state index is 11.8. The molecular weight excluding hydrogens is 216 g/mol. The van der Waals surface area contributed by atoms with Crippen molar-refractivity contribution in [2.24, 2.45) is 11.8 Å². The monoisotopic (exact) mass is 240 g/mol. The zero-order valence-corrected chi connectivity index (χ0v) is 11.1. The number of carbonyl (C=O) groups is 1. The minimum atomic E-state index is -0.411. The van der Waals surface area contributed by atoms with Crippen molar-refractivity contribution < 1.29 is 9.53 Å². The van der Waals surface area contributed by atoms with E-state index in [1.165, 1.54) is 12.8 Å². The van der Waals surface area contributed by atoms with Crippen molar-refractivity contribution in [3.63, 3.8) is 0 Å². The smallest absolute Gasteiger partial charge is 0.407 e. The molecular formula is C13H24N2O2. The molecule has 1 amide bonds. The van der Waals surface area contributed by atoms with Gasteiger partial charge in [0.15, 0.2) is 0 Å². The first kappa shape index (κ1) is 12.7. The summed E-state index contributed by atoms with van der Waals surface area (Å²) in [7, 11) is 0. The van der Waals surface area contributed by atoms with Crippen LogP contribution in [0.4, 0.5) is 4.79 Å². The largest absolute Gasteiger partial charge is 0.444 e. The van der Waals surface area contributed by atoms with Gasteiger partial charge in [-0.3, -0.25) is 0 Å². The van der Waals surface area contributed by atoms with Crippen molar-refractivity contribution in [2.75, 3.05) is 13.1 Å². The third-order valence-corrected chi connectivity index (χ3v) is 3.70. The van der Waals surface area contributed by atoms with Crippen molar-refractivity contribution in [2.45, 2.75) is 51.7 Å². The van der Waals surface area contributed by atoms with Gasteiger partial charge in [0.05, 0.1) is 0 Å². The Bertz CT molecular complexity index is 286. The van der Waals surface area contributed by atoms with Crippen LogP contribution in [0.5, 0.6) is 0 Å². The van der Waals surface area contributed by atoms with E-state index in [1.54, 1.807) is 0 Å². The quantitative estimate of drug-likeness (QED) is 0.736. The molecule has 2 aliphatic rings. The van der Waals surface area contributed by atoms with E-state index in [9.17, 15) is 4.79 Å². The first-order chi connectivity index (χ1) is 7.96. The molecule has 1 saturated carbocycles. The van der Waals surface area contributed by atoms with Gasteiger partial charge in [-0.15, -0.1) is 0 Å². The number of rotatable bonds is 1. The van der Waals surface area contributed by atoms with Crippen molar-refractivity contribution in [1.82, 2.24) is 10.6 Å². The van der Waals surface area contributed by atoms with Crippen LogP contribution in [0.3, 0.4) is 0 Å². The molecule has 0 bridgehead atoms. The highest BCUT2D eigenvalue weighted by atomic mass is 16.6. The Morgan fingerprint density at radius 3 is 2.76 bits per heavy atom.